The lowest BCUT2D eigenvalue weighted by molar-refractivity contribution is -0.141. The molecule has 5 nitrogen and oxygen atoms in total. The van der Waals surface area contributed by atoms with Crippen molar-refractivity contribution in [2.75, 3.05) is 18.0 Å². The van der Waals surface area contributed by atoms with Gasteiger partial charge in [0.15, 0.2) is 5.82 Å². The lowest BCUT2D eigenvalue weighted by Crippen LogP contribution is -2.23. The van der Waals surface area contributed by atoms with E-state index in [4.69, 9.17) is 0 Å². The highest BCUT2D eigenvalue weighted by atomic mass is 35.5. The number of hydrogen-bond acceptors (Lipinski definition) is 4. The van der Waals surface area contributed by atoms with Gasteiger partial charge in [0.1, 0.15) is 11.6 Å². The number of aromatic nitrogens is 2. The molecular formula is C15H14ClF2N3O2. The molecular weight excluding hydrogens is 328 g/mol. The monoisotopic (exact) mass is 341 g/mol. The molecule has 1 fully saturated rings. The number of carboxylic acids is 1. The highest BCUT2D eigenvalue weighted by Gasteiger charge is 2.40. The summed E-state index contributed by atoms with van der Waals surface area (Å²) in [6, 6.07) is 6.65. The Labute approximate surface area is 137 Å². The van der Waals surface area contributed by atoms with Gasteiger partial charge in [0, 0.05) is 31.3 Å². The quantitative estimate of drug-likeness (QED) is 0.929. The third-order valence-electron chi connectivity index (χ3n) is 3.88. The number of rotatable bonds is 3. The van der Waals surface area contributed by atoms with E-state index in [2.05, 4.69) is 10.2 Å². The molecule has 0 aliphatic carbocycles. The van der Waals surface area contributed by atoms with Crippen LogP contribution < -0.4 is 4.90 Å². The fraction of sp³-hybridized carbons (Fsp3) is 0.267. The molecule has 1 aromatic heterocycles. The van der Waals surface area contributed by atoms with Gasteiger partial charge in [-0.15, -0.1) is 17.5 Å². The first-order chi connectivity index (χ1) is 10.6. The van der Waals surface area contributed by atoms with Gasteiger partial charge in [-0.25, -0.2) is 8.78 Å². The summed E-state index contributed by atoms with van der Waals surface area (Å²) in [5.41, 5.74) is 0.209. The molecule has 1 aliphatic heterocycles. The molecule has 0 unspecified atom stereocenters. The van der Waals surface area contributed by atoms with E-state index in [9.17, 15) is 18.7 Å². The summed E-state index contributed by atoms with van der Waals surface area (Å²) in [5.74, 6) is -3.24. The summed E-state index contributed by atoms with van der Waals surface area (Å²) in [7, 11) is 0. The maximum atomic E-state index is 14.0. The lowest BCUT2D eigenvalue weighted by atomic mass is 9.88. The van der Waals surface area contributed by atoms with Crippen LogP contribution in [-0.4, -0.2) is 34.4 Å². The van der Waals surface area contributed by atoms with E-state index in [1.54, 1.807) is 17.0 Å². The van der Waals surface area contributed by atoms with Crippen molar-refractivity contribution in [3.05, 3.63) is 53.7 Å². The van der Waals surface area contributed by atoms with Crippen molar-refractivity contribution in [2.45, 2.75) is 5.92 Å². The average Bonchev–Trinajstić information content (AvgIpc) is 2.93. The fourth-order valence-electron chi connectivity index (χ4n) is 2.82. The van der Waals surface area contributed by atoms with Crippen molar-refractivity contribution in [3.63, 3.8) is 0 Å². The van der Waals surface area contributed by atoms with Crippen LogP contribution in [0.25, 0.3) is 0 Å². The molecule has 0 saturated carbocycles. The molecule has 3 rings (SSSR count). The maximum absolute atomic E-state index is 14.0. The van der Waals surface area contributed by atoms with Gasteiger partial charge in [0.05, 0.1) is 5.92 Å². The zero-order chi connectivity index (χ0) is 15.7. The largest absolute Gasteiger partial charge is 0.481 e. The topological polar surface area (TPSA) is 66.3 Å². The second-order valence-corrected chi connectivity index (χ2v) is 5.20. The highest BCUT2D eigenvalue weighted by molar-refractivity contribution is 5.85. The fourth-order valence-corrected chi connectivity index (χ4v) is 2.82. The summed E-state index contributed by atoms with van der Waals surface area (Å²) in [6.45, 7) is 0.494. The van der Waals surface area contributed by atoms with Gasteiger partial charge in [0.2, 0.25) is 0 Å². The van der Waals surface area contributed by atoms with Crippen LogP contribution in [0.3, 0.4) is 0 Å². The van der Waals surface area contributed by atoms with E-state index < -0.39 is 29.4 Å². The molecule has 1 N–H and O–H groups in total. The minimum Gasteiger partial charge on any atom is -0.481 e. The number of carboxylic acid groups (broad SMARTS) is 1. The molecule has 122 valence electrons. The van der Waals surface area contributed by atoms with Crippen LogP contribution in [0.2, 0.25) is 0 Å². The molecule has 1 aromatic carbocycles. The van der Waals surface area contributed by atoms with Gasteiger partial charge in [0.25, 0.3) is 0 Å². The van der Waals surface area contributed by atoms with Crippen LogP contribution in [0.5, 0.6) is 0 Å². The first kappa shape index (κ1) is 17.1. The Hall–Kier alpha value is -2.28. The standard InChI is InChI=1S/C15H13F2N3O2.ClH/c16-9-3-4-10(13(17)6-9)11-7-20(8-12(11)15(21)22)14-2-1-5-18-19-14;/h1-6,11-12H,7-8H2,(H,21,22);1H/t11-,12+;/m0./s1. The third kappa shape index (κ3) is 3.39. The number of hydrogen-bond donors (Lipinski definition) is 1. The SMILES string of the molecule is Cl.O=C(O)[C@@H]1CN(c2cccnn2)C[C@H]1c1ccc(F)cc1F. The Morgan fingerprint density at radius 3 is 2.65 bits per heavy atom. The molecule has 0 radical (unpaired) electrons. The van der Waals surface area contributed by atoms with Gasteiger partial charge in [-0.05, 0) is 23.8 Å². The van der Waals surface area contributed by atoms with Gasteiger partial charge < -0.3 is 10.0 Å². The summed E-state index contributed by atoms with van der Waals surface area (Å²) in [5, 5.41) is 17.1. The predicted molar refractivity (Wildman–Crippen MR) is 81.7 cm³/mol. The molecule has 2 atom stereocenters. The number of benzene rings is 1. The number of nitrogens with zero attached hydrogens (tertiary/aromatic N) is 3. The van der Waals surface area contributed by atoms with E-state index in [1.807, 2.05) is 0 Å². The summed E-state index contributed by atoms with van der Waals surface area (Å²) in [4.78, 5) is 13.2. The van der Waals surface area contributed by atoms with E-state index >= 15 is 0 Å². The maximum Gasteiger partial charge on any atom is 0.308 e. The number of carbonyl (C=O) groups is 1. The van der Waals surface area contributed by atoms with Crippen molar-refractivity contribution >= 4 is 24.2 Å². The Morgan fingerprint density at radius 1 is 1.26 bits per heavy atom. The lowest BCUT2D eigenvalue weighted by Gasteiger charge is -2.17. The third-order valence-corrected chi connectivity index (χ3v) is 3.88. The van der Waals surface area contributed by atoms with Crippen molar-refractivity contribution in [1.29, 1.82) is 0 Å². The number of anilines is 1. The highest BCUT2D eigenvalue weighted by Crippen LogP contribution is 2.36. The predicted octanol–water partition coefficient (Wildman–Crippen LogP) is 2.48. The minimum absolute atomic E-state index is 0. The van der Waals surface area contributed by atoms with Gasteiger partial charge in [-0.3, -0.25) is 4.79 Å². The van der Waals surface area contributed by atoms with Crippen LogP contribution in [0.15, 0.2) is 36.5 Å². The minimum atomic E-state index is -1.01. The molecule has 1 aliphatic rings. The van der Waals surface area contributed by atoms with Crippen LogP contribution in [0, 0.1) is 17.6 Å². The molecule has 8 heteroatoms. The number of halogens is 3. The molecule has 0 amide bonds. The second-order valence-electron chi connectivity index (χ2n) is 5.20. The van der Waals surface area contributed by atoms with Crippen LogP contribution in [0.1, 0.15) is 11.5 Å². The molecule has 23 heavy (non-hydrogen) atoms. The Bertz CT molecular complexity index is 702. The van der Waals surface area contributed by atoms with Gasteiger partial charge in [-0.2, -0.15) is 5.10 Å². The molecule has 0 bridgehead atoms. The Balaban J connectivity index is 0.00000192. The van der Waals surface area contributed by atoms with Gasteiger partial charge >= 0.3 is 5.97 Å². The number of aliphatic carboxylic acids is 1. The van der Waals surface area contributed by atoms with Gasteiger partial charge in [-0.1, -0.05) is 6.07 Å². The average molecular weight is 342 g/mol. The van der Waals surface area contributed by atoms with Crippen molar-refractivity contribution < 1.29 is 18.7 Å². The normalized spacial score (nSPS) is 20.2. The van der Waals surface area contributed by atoms with Crippen molar-refractivity contribution in [2.24, 2.45) is 5.92 Å². The van der Waals surface area contributed by atoms with E-state index in [-0.39, 0.29) is 31.1 Å². The van der Waals surface area contributed by atoms with E-state index in [0.717, 1.165) is 12.1 Å². The first-order valence-electron chi connectivity index (χ1n) is 6.76. The summed E-state index contributed by atoms with van der Waals surface area (Å²) in [6.07, 6.45) is 1.52. The Kier molecular flexibility index (Phi) is 5.10. The smallest absolute Gasteiger partial charge is 0.308 e. The Morgan fingerprint density at radius 2 is 2.04 bits per heavy atom. The zero-order valence-electron chi connectivity index (χ0n) is 11.9. The van der Waals surface area contributed by atoms with Crippen LogP contribution >= 0.6 is 12.4 Å². The summed E-state index contributed by atoms with van der Waals surface area (Å²) >= 11 is 0. The van der Waals surface area contributed by atoms with Crippen LogP contribution in [-0.2, 0) is 4.79 Å². The molecule has 2 heterocycles. The summed E-state index contributed by atoms with van der Waals surface area (Å²) < 4.78 is 27.0. The molecule has 0 spiro atoms. The first-order valence-corrected chi connectivity index (χ1v) is 6.76. The van der Waals surface area contributed by atoms with E-state index in [1.165, 1.54) is 12.3 Å². The molecule has 2 aromatic rings. The second kappa shape index (κ2) is 6.87. The van der Waals surface area contributed by atoms with Crippen molar-refractivity contribution in [1.82, 2.24) is 10.2 Å². The zero-order valence-corrected chi connectivity index (χ0v) is 12.7. The molecule has 1 saturated heterocycles. The van der Waals surface area contributed by atoms with Crippen molar-refractivity contribution in [3.8, 4) is 0 Å². The van der Waals surface area contributed by atoms with E-state index in [0.29, 0.717) is 5.82 Å². The van der Waals surface area contributed by atoms with Crippen LogP contribution in [0.4, 0.5) is 14.6 Å².